The standard InChI is InChI=1S/C38H46N4O7/c1-37(2,3)49-31(43)18-26-11-7-5-4-6-8-15-29-19-38(29,36(47)48)40-33(44)32-30-23-41(21-28(30)22-42(32)35(26)46)34(45)25-13-9-12-24(17-25)27-14-10-16-39-20-27/h8-10,12-17,20,26,28-30,32H,4-7,11,18-19,21-23H2,1-3H3,(H,40,44)(H,47,48)/b15-8-/t26-,28-,29+,30-,32-,38+/m0/s1. The van der Waals surface area contributed by atoms with E-state index in [0.29, 0.717) is 18.5 Å². The third kappa shape index (κ3) is 7.40. The smallest absolute Gasteiger partial charge is 0.330 e. The first-order chi connectivity index (χ1) is 23.4. The highest BCUT2D eigenvalue weighted by atomic mass is 16.6. The van der Waals surface area contributed by atoms with Crippen LogP contribution in [0.2, 0.25) is 0 Å². The van der Waals surface area contributed by atoms with Crippen molar-refractivity contribution in [3.63, 3.8) is 0 Å². The molecular weight excluding hydrogens is 624 g/mol. The number of pyridine rings is 1. The van der Waals surface area contributed by atoms with E-state index in [1.165, 1.54) is 0 Å². The van der Waals surface area contributed by atoms with Crippen LogP contribution in [0.3, 0.4) is 0 Å². The maximum atomic E-state index is 14.4. The zero-order valence-electron chi connectivity index (χ0n) is 28.5. The van der Waals surface area contributed by atoms with Crippen molar-refractivity contribution in [2.75, 3.05) is 19.6 Å². The SMILES string of the molecule is CC(C)(C)OC(=O)C[C@@H]1CCCCC/C=C\[C@@H]2C[C@@]2(C(=O)O)NC(=O)[C@@H]2[C@H]3CN(C(=O)c4cccc(-c5cccnc5)c4)C[C@H]3CN2C1=O. The molecule has 0 unspecified atom stereocenters. The van der Waals surface area contributed by atoms with Crippen molar-refractivity contribution in [2.24, 2.45) is 23.7 Å². The van der Waals surface area contributed by atoms with Gasteiger partial charge in [-0.15, -0.1) is 0 Å². The summed E-state index contributed by atoms with van der Waals surface area (Å²) in [7, 11) is 0. The van der Waals surface area contributed by atoms with E-state index in [4.69, 9.17) is 4.74 Å². The summed E-state index contributed by atoms with van der Waals surface area (Å²) in [6, 6.07) is 10.1. The Kier molecular flexibility index (Phi) is 9.64. The number of likely N-dealkylation sites (tertiary alicyclic amines) is 1. The number of carboxylic acids is 1. The molecule has 3 fully saturated rings. The predicted octanol–water partition coefficient (Wildman–Crippen LogP) is 4.48. The predicted molar refractivity (Wildman–Crippen MR) is 181 cm³/mol. The van der Waals surface area contributed by atoms with Crippen LogP contribution in [0, 0.1) is 23.7 Å². The molecule has 11 heteroatoms. The minimum absolute atomic E-state index is 0.102. The largest absolute Gasteiger partial charge is 0.479 e. The lowest BCUT2D eigenvalue weighted by Crippen LogP contribution is -2.56. The molecule has 49 heavy (non-hydrogen) atoms. The minimum Gasteiger partial charge on any atom is -0.479 e. The van der Waals surface area contributed by atoms with Crippen LogP contribution in [0.5, 0.6) is 0 Å². The van der Waals surface area contributed by atoms with Crippen molar-refractivity contribution in [1.82, 2.24) is 20.1 Å². The fourth-order valence-corrected chi connectivity index (χ4v) is 7.80. The first kappa shape index (κ1) is 34.3. The van der Waals surface area contributed by atoms with Crippen molar-refractivity contribution < 1.29 is 33.8 Å². The van der Waals surface area contributed by atoms with Crippen LogP contribution in [-0.4, -0.2) is 86.4 Å². The number of esters is 1. The van der Waals surface area contributed by atoms with Gasteiger partial charge in [0.15, 0.2) is 0 Å². The lowest BCUT2D eigenvalue weighted by atomic mass is 9.92. The van der Waals surface area contributed by atoms with E-state index >= 15 is 0 Å². The van der Waals surface area contributed by atoms with E-state index < -0.39 is 46.9 Å². The molecule has 1 aliphatic carbocycles. The number of nitrogens with one attached hydrogen (secondary N) is 1. The van der Waals surface area contributed by atoms with Gasteiger partial charge in [-0.05, 0) is 70.2 Å². The Hall–Kier alpha value is -4.54. The summed E-state index contributed by atoms with van der Waals surface area (Å²) < 4.78 is 5.59. The average Bonchev–Trinajstić information content (AvgIpc) is 3.41. The number of hydrogen-bond donors (Lipinski definition) is 2. The fourth-order valence-electron chi connectivity index (χ4n) is 7.80. The fraction of sp³-hybridized carbons (Fsp3) is 0.526. The summed E-state index contributed by atoms with van der Waals surface area (Å²) in [5.74, 6) is -4.19. The molecule has 4 aliphatic rings. The summed E-state index contributed by atoms with van der Waals surface area (Å²) in [5.41, 5.74) is 0.115. The molecule has 1 aromatic heterocycles. The first-order valence-electron chi connectivity index (χ1n) is 17.4. The molecule has 2 N–H and O–H groups in total. The highest BCUT2D eigenvalue weighted by Gasteiger charge is 2.62. The number of aromatic nitrogens is 1. The number of carbonyl (C=O) groups excluding carboxylic acids is 4. The maximum Gasteiger partial charge on any atom is 0.330 e. The van der Waals surface area contributed by atoms with Gasteiger partial charge in [0.2, 0.25) is 11.8 Å². The van der Waals surface area contributed by atoms with Gasteiger partial charge in [-0.2, -0.15) is 0 Å². The van der Waals surface area contributed by atoms with Crippen LogP contribution in [0.15, 0.2) is 60.9 Å². The second-order valence-corrected chi connectivity index (χ2v) is 15.0. The lowest BCUT2D eigenvalue weighted by Gasteiger charge is -2.32. The van der Waals surface area contributed by atoms with Crippen LogP contribution in [0.4, 0.5) is 0 Å². The topological polar surface area (TPSA) is 146 Å². The molecule has 6 atom stereocenters. The maximum absolute atomic E-state index is 14.4. The van der Waals surface area contributed by atoms with Crippen molar-refractivity contribution in [2.45, 2.75) is 82.9 Å². The molecule has 0 radical (unpaired) electrons. The van der Waals surface area contributed by atoms with Crippen molar-refractivity contribution in [3.05, 3.63) is 66.5 Å². The van der Waals surface area contributed by atoms with Crippen LogP contribution < -0.4 is 5.32 Å². The number of carbonyl (C=O) groups is 5. The molecule has 2 saturated heterocycles. The Morgan fingerprint density at radius 2 is 1.84 bits per heavy atom. The van der Waals surface area contributed by atoms with Gasteiger partial charge in [0.25, 0.3) is 5.91 Å². The number of ether oxygens (including phenoxy) is 1. The van der Waals surface area contributed by atoms with Crippen LogP contribution in [0.1, 0.15) is 76.1 Å². The van der Waals surface area contributed by atoms with Gasteiger partial charge in [-0.1, -0.05) is 43.2 Å². The third-order valence-electron chi connectivity index (χ3n) is 10.3. The monoisotopic (exact) mass is 670 g/mol. The van der Waals surface area contributed by atoms with Gasteiger partial charge in [-0.25, -0.2) is 4.79 Å². The Labute approximate surface area is 287 Å². The summed E-state index contributed by atoms with van der Waals surface area (Å²) in [6.45, 7) is 6.16. The van der Waals surface area contributed by atoms with Gasteiger partial charge < -0.3 is 25.0 Å². The summed E-state index contributed by atoms with van der Waals surface area (Å²) in [4.78, 5) is 75.5. The van der Waals surface area contributed by atoms with Crippen molar-refractivity contribution in [3.8, 4) is 11.1 Å². The number of fused-ring (bicyclic) bond motifs is 4. The molecule has 1 aromatic carbocycles. The molecule has 0 spiro atoms. The Morgan fingerprint density at radius 1 is 1.04 bits per heavy atom. The second-order valence-electron chi connectivity index (χ2n) is 15.0. The zero-order valence-corrected chi connectivity index (χ0v) is 28.5. The molecule has 4 heterocycles. The summed E-state index contributed by atoms with van der Waals surface area (Å²) in [6.07, 6.45) is 11.2. The normalized spacial score (nSPS) is 29.4. The molecular formula is C38H46N4O7. The molecule has 260 valence electrons. The van der Waals surface area contributed by atoms with Gasteiger partial charge in [-0.3, -0.25) is 24.2 Å². The molecule has 2 aromatic rings. The van der Waals surface area contributed by atoms with E-state index in [-0.39, 0.29) is 49.6 Å². The van der Waals surface area contributed by atoms with E-state index in [1.807, 2.05) is 42.5 Å². The number of aliphatic carboxylic acids is 1. The number of hydrogen-bond acceptors (Lipinski definition) is 7. The van der Waals surface area contributed by atoms with Crippen LogP contribution in [-0.2, 0) is 23.9 Å². The average molecular weight is 671 g/mol. The number of rotatable bonds is 5. The number of carboxylic acid groups (broad SMARTS) is 1. The minimum atomic E-state index is -1.43. The molecule has 3 aliphatic heterocycles. The Morgan fingerprint density at radius 3 is 2.57 bits per heavy atom. The van der Waals surface area contributed by atoms with E-state index in [1.54, 1.807) is 49.0 Å². The number of amides is 3. The third-order valence-corrected chi connectivity index (χ3v) is 10.3. The van der Waals surface area contributed by atoms with Gasteiger partial charge in [0.1, 0.15) is 17.2 Å². The number of benzene rings is 1. The number of nitrogens with zero attached hydrogens (tertiary/aromatic N) is 3. The van der Waals surface area contributed by atoms with Gasteiger partial charge >= 0.3 is 11.9 Å². The Balaban J connectivity index is 1.27. The van der Waals surface area contributed by atoms with E-state index in [0.717, 1.165) is 36.8 Å². The first-order valence-corrected chi connectivity index (χ1v) is 17.4. The highest BCUT2D eigenvalue weighted by Crippen LogP contribution is 2.46. The quantitative estimate of drug-likeness (QED) is 0.350. The molecule has 11 nitrogen and oxygen atoms in total. The van der Waals surface area contributed by atoms with Gasteiger partial charge in [0, 0.05) is 66.8 Å². The highest BCUT2D eigenvalue weighted by molar-refractivity contribution is 5.97. The zero-order chi connectivity index (χ0) is 34.9. The molecule has 3 amide bonds. The van der Waals surface area contributed by atoms with Crippen LogP contribution in [0.25, 0.3) is 11.1 Å². The van der Waals surface area contributed by atoms with Crippen molar-refractivity contribution in [1.29, 1.82) is 0 Å². The van der Waals surface area contributed by atoms with Crippen LogP contribution >= 0.6 is 0 Å². The van der Waals surface area contributed by atoms with Gasteiger partial charge in [0.05, 0.1) is 6.42 Å². The lowest BCUT2D eigenvalue weighted by molar-refractivity contribution is -0.159. The molecule has 1 saturated carbocycles. The van der Waals surface area contributed by atoms with Crippen molar-refractivity contribution >= 4 is 29.7 Å². The molecule has 6 rings (SSSR count). The Bertz CT molecular complexity index is 1640. The van der Waals surface area contributed by atoms with E-state index in [9.17, 15) is 29.1 Å². The summed E-state index contributed by atoms with van der Waals surface area (Å²) in [5, 5.41) is 13.1. The summed E-state index contributed by atoms with van der Waals surface area (Å²) >= 11 is 0. The number of allylic oxidation sites excluding steroid dienone is 1. The van der Waals surface area contributed by atoms with E-state index in [2.05, 4.69) is 10.3 Å². The molecule has 0 bridgehead atoms. The second kappa shape index (κ2) is 13.8.